The van der Waals surface area contributed by atoms with E-state index in [0.717, 1.165) is 0 Å². The molecule has 1 rings (SSSR count). The molecule has 4 nitrogen and oxygen atoms in total. The molecule has 1 aliphatic heterocycles. The molecule has 4 heteroatoms. The topological polar surface area (TPSA) is 55.8 Å². The Morgan fingerprint density at radius 2 is 2.25 bits per heavy atom. The lowest BCUT2D eigenvalue weighted by atomic mass is 9.78. The van der Waals surface area contributed by atoms with Crippen molar-refractivity contribution < 1.29 is 19.4 Å². The van der Waals surface area contributed by atoms with Gasteiger partial charge in [-0.3, -0.25) is 0 Å². The molecule has 0 bridgehead atoms. The first-order valence-corrected chi connectivity index (χ1v) is 6.05. The SMILES string of the molecule is CCOC(=O)C(O)(CC)C1CCOC(C)C1. The van der Waals surface area contributed by atoms with Gasteiger partial charge in [0.1, 0.15) is 0 Å². The molecule has 1 aliphatic rings. The number of esters is 1. The first-order chi connectivity index (χ1) is 7.54. The zero-order chi connectivity index (χ0) is 12.2. The number of aliphatic hydroxyl groups is 1. The lowest BCUT2D eigenvalue weighted by Crippen LogP contribution is -2.49. The molecule has 0 aliphatic carbocycles. The Balaban J connectivity index is 2.73. The highest BCUT2D eigenvalue weighted by Gasteiger charge is 2.45. The minimum absolute atomic E-state index is 0.0553. The molecule has 1 saturated heterocycles. The molecule has 1 heterocycles. The highest BCUT2D eigenvalue weighted by Crippen LogP contribution is 2.33. The molecule has 0 amide bonds. The third-order valence-electron chi connectivity index (χ3n) is 3.33. The summed E-state index contributed by atoms with van der Waals surface area (Å²) in [5.74, 6) is -0.545. The molecule has 3 unspecified atom stereocenters. The Hall–Kier alpha value is -0.610. The molecular weight excluding hydrogens is 208 g/mol. The molecule has 0 saturated carbocycles. The molecule has 1 fully saturated rings. The Kier molecular flexibility index (Phi) is 4.74. The summed E-state index contributed by atoms with van der Waals surface area (Å²) in [4.78, 5) is 11.8. The minimum atomic E-state index is -1.34. The van der Waals surface area contributed by atoms with E-state index in [0.29, 0.717) is 32.5 Å². The molecule has 0 spiro atoms. The lowest BCUT2D eigenvalue weighted by molar-refractivity contribution is -0.178. The first-order valence-electron chi connectivity index (χ1n) is 6.05. The van der Waals surface area contributed by atoms with E-state index in [1.807, 2.05) is 13.8 Å². The van der Waals surface area contributed by atoms with Gasteiger partial charge in [-0.05, 0) is 33.1 Å². The number of carbonyl (C=O) groups excluding carboxylic acids is 1. The smallest absolute Gasteiger partial charge is 0.338 e. The maximum Gasteiger partial charge on any atom is 0.338 e. The minimum Gasteiger partial charge on any atom is -0.464 e. The summed E-state index contributed by atoms with van der Waals surface area (Å²) in [5.41, 5.74) is -1.34. The van der Waals surface area contributed by atoms with Crippen LogP contribution in [-0.4, -0.2) is 36.0 Å². The van der Waals surface area contributed by atoms with Crippen molar-refractivity contribution in [2.24, 2.45) is 5.92 Å². The zero-order valence-electron chi connectivity index (χ0n) is 10.4. The van der Waals surface area contributed by atoms with Gasteiger partial charge in [-0.25, -0.2) is 4.79 Å². The van der Waals surface area contributed by atoms with Crippen molar-refractivity contribution in [2.45, 2.75) is 51.7 Å². The number of hydrogen-bond acceptors (Lipinski definition) is 4. The molecule has 3 atom stereocenters. The zero-order valence-corrected chi connectivity index (χ0v) is 10.4. The van der Waals surface area contributed by atoms with Gasteiger partial charge in [-0.1, -0.05) is 6.92 Å². The first kappa shape index (κ1) is 13.5. The third-order valence-corrected chi connectivity index (χ3v) is 3.33. The average molecular weight is 230 g/mol. The van der Waals surface area contributed by atoms with Crippen LogP contribution in [0.5, 0.6) is 0 Å². The maximum atomic E-state index is 11.8. The van der Waals surface area contributed by atoms with Crippen LogP contribution < -0.4 is 0 Å². The van der Waals surface area contributed by atoms with Crippen molar-refractivity contribution in [3.8, 4) is 0 Å². The Morgan fingerprint density at radius 1 is 1.56 bits per heavy atom. The Morgan fingerprint density at radius 3 is 2.75 bits per heavy atom. The quantitative estimate of drug-likeness (QED) is 0.744. The van der Waals surface area contributed by atoms with Gasteiger partial charge in [-0.15, -0.1) is 0 Å². The van der Waals surface area contributed by atoms with Gasteiger partial charge in [0.15, 0.2) is 5.60 Å². The van der Waals surface area contributed by atoms with Gasteiger partial charge in [0, 0.05) is 12.5 Å². The van der Waals surface area contributed by atoms with Crippen molar-refractivity contribution in [1.82, 2.24) is 0 Å². The molecular formula is C12H22O4. The number of ether oxygens (including phenoxy) is 2. The molecule has 0 aromatic rings. The molecule has 0 aromatic heterocycles. The second-order valence-electron chi connectivity index (χ2n) is 4.40. The summed E-state index contributed by atoms with van der Waals surface area (Å²) in [6.07, 6.45) is 1.92. The lowest BCUT2D eigenvalue weighted by Gasteiger charge is -2.37. The summed E-state index contributed by atoms with van der Waals surface area (Å²) in [6.45, 7) is 6.44. The van der Waals surface area contributed by atoms with Gasteiger partial charge >= 0.3 is 5.97 Å². The van der Waals surface area contributed by atoms with E-state index in [1.165, 1.54) is 0 Å². The van der Waals surface area contributed by atoms with E-state index in [2.05, 4.69) is 0 Å². The summed E-state index contributed by atoms with van der Waals surface area (Å²) in [5, 5.41) is 10.4. The van der Waals surface area contributed by atoms with Crippen LogP contribution in [0.1, 0.15) is 40.0 Å². The second kappa shape index (κ2) is 5.64. The number of hydrogen-bond donors (Lipinski definition) is 1. The predicted octanol–water partition coefficient (Wildman–Crippen LogP) is 1.51. The summed E-state index contributed by atoms with van der Waals surface area (Å²) < 4.78 is 10.4. The van der Waals surface area contributed by atoms with E-state index in [1.54, 1.807) is 6.92 Å². The molecule has 94 valence electrons. The number of rotatable bonds is 4. The van der Waals surface area contributed by atoms with Crippen LogP contribution in [0.25, 0.3) is 0 Å². The molecule has 0 aromatic carbocycles. The fourth-order valence-corrected chi connectivity index (χ4v) is 2.29. The van der Waals surface area contributed by atoms with E-state index >= 15 is 0 Å². The standard InChI is InChI=1S/C12H22O4/c1-4-12(14,11(13)15-5-2)10-6-7-16-9(3)8-10/h9-10,14H,4-8H2,1-3H3. The Bertz CT molecular complexity index is 241. The van der Waals surface area contributed by atoms with Gasteiger partial charge < -0.3 is 14.6 Å². The normalized spacial score (nSPS) is 29.5. The van der Waals surface area contributed by atoms with Crippen LogP contribution in [0.4, 0.5) is 0 Å². The molecule has 1 N–H and O–H groups in total. The van der Waals surface area contributed by atoms with Crippen LogP contribution >= 0.6 is 0 Å². The predicted molar refractivity (Wildman–Crippen MR) is 60.0 cm³/mol. The second-order valence-corrected chi connectivity index (χ2v) is 4.40. The van der Waals surface area contributed by atoms with E-state index in [4.69, 9.17) is 9.47 Å². The van der Waals surface area contributed by atoms with Crippen LogP contribution in [0.3, 0.4) is 0 Å². The fourth-order valence-electron chi connectivity index (χ4n) is 2.29. The Labute approximate surface area is 96.9 Å². The summed E-state index contributed by atoms with van der Waals surface area (Å²) in [6, 6.07) is 0. The summed E-state index contributed by atoms with van der Waals surface area (Å²) >= 11 is 0. The summed E-state index contributed by atoms with van der Waals surface area (Å²) in [7, 11) is 0. The van der Waals surface area contributed by atoms with Crippen molar-refractivity contribution in [2.75, 3.05) is 13.2 Å². The van der Waals surface area contributed by atoms with Crippen molar-refractivity contribution in [3.05, 3.63) is 0 Å². The van der Waals surface area contributed by atoms with Gasteiger partial charge in [0.25, 0.3) is 0 Å². The average Bonchev–Trinajstić information content (AvgIpc) is 2.28. The largest absolute Gasteiger partial charge is 0.464 e. The van der Waals surface area contributed by atoms with Crippen LogP contribution in [0.2, 0.25) is 0 Å². The maximum absolute atomic E-state index is 11.8. The fraction of sp³-hybridized carbons (Fsp3) is 0.917. The van der Waals surface area contributed by atoms with E-state index < -0.39 is 11.6 Å². The van der Waals surface area contributed by atoms with Crippen molar-refractivity contribution in [3.63, 3.8) is 0 Å². The van der Waals surface area contributed by atoms with Crippen molar-refractivity contribution >= 4 is 5.97 Å². The monoisotopic (exact) mass is 230 g/mol. The van der Waals surface area contributed by atoms with Crippen molar-refractivity contribution in [1.29, 1.82) is 0 Å². The van der Waals surface area contributed by atoms with E-state index in [-0.39, 0.29) is 12.0 Å². The number of carbonyl (C=O) groups is 1. The van der Waals surface area contributed by atoms with Crippen LogP contribution in [0.15, 0.2) is 0 Å². The van der Waals surface area contributed by atoms with Gasteiger partial charge in [0.2, 0.25) is 0 Å². The third kappa shape index (κ3) is 2.74. The van der Waals surface area contributed by atoms with Gasteiger partial charge in [0.05, 0.1) is 12.7 Å². The van der Waals surface area contributed by atoms with Crippen LogP contribution in [-0.2, 0) is 14.3 Å². The van der Waals surface area contributed by atoms with Crippen LogP contribution in [0, 0.1) is 5.92 Å². The molecule has 0 radical (unpaired) electrons. The highest BCUT2D eigenvalue weighted by atomic mass is 16.5. The van der Waals surface area contributed by atoms with E-state index in [9.17, 15) is 9.90 Å². The highest BCUT2D eigenvalue weighted by molar-refractivity contribution is 5.79. The molecule has 16 heavy (non-hydrogen) atoms. The van der Waals surface area contributed by atoms with Gasteiger partial charge in [-0.2, -0.15) is 0 Å².